The molecule has 0 fully saturated rings. The Bertz CT molecular complexity index is 2060. The third kappa shape index (κ3) is 7.51. The summed E-state index contributed by atoms with van der Waals surface area (Å²) in [6.07, 6.45) is 2.84. The number of nitrogens with zero attached hydrogens (tertiary/aromatic N) is 2. The molecular weight excluding hydrogens is 676 g/mol. The van der Waals surface area contributed by atoms with Gasteiger partial charge in [0, 0.05) is 30.8 Å². The Balaban J connectivity index is 1.08. The van der Waals surface area contributed by atoms with E-state index in [1.807, 2.05) is 78.9 Å². The smallest absolute Gasteiger partial charge is 0.343 e. The van der Waals surface area contributed by atoms with Crippen LogP contribution in [0.5, 0.6) is 17.2 Å². The molecule has 0 radical (unpaired) electrons. The molecule has 0 unspecified atom stereocenters. The van der Waals surface area contributed by atoms with E-state index < -0.39 is 28.3 Å². The van der Waals surface area contributed by atoms with Crippen LogP contribution in [0.3, 0.4) is 0 Å². The van der Waals surface area contributed by atoms with Crippen LogP contribution in [0.2, 0.25) is 0 Å². The lowest BCUT2D eigenvalue weighted by atomic mass is 9.79. The molecule has 53 heavy (non-hydrogen) atoms. The average molecular weight is 715 g/mol. The fourth-order valence-corrected chi connectivity index (χ4v) is 6.61. The Kier molecular flexibility index (Phi) is 11.2. The molecule has 5 aromatic rings. The number of unbranched alkanes of at least 4 members (excludes halogenated alkanes) is 3. The third-order valence-corrected chi connectivity index (χ3v) is 9.20. The highest BCUT2D eigenvalue weighted by atomic mass is 16.6. The first-order valence-electron chi connectivity index (χ1n) is 17.2. The zero-order valence-electron chi connectivity index (χ0n) is 29.4. The van der Waals surface area contributed by atoms with Gasteiger partial charge in [0.2, 0.25) is 0 Å². The molecule has 0 saturated carbocycles. The van der Waals surface area contributed by atoms with Crippen LogP contribution >= 0.6 is 0 Å². The van der Waals surface area contributed by atoms with Crippen molar-refractivity contribution in [2.45, 2.75) is 31.3 Å². The molecule has 1 aliphatic heterocycles. The lowest BCUT2D eigenvalue weighted by Crippen LogP contribution is -2.34. The number of rotatable bonds is 16. The van der Waals surface area contributed by atoms with Gasteiger partial charge >= 0.3 is 5.97 Å². The molecule has 5 aromatic carbocycles. The number of imide groups is 1. The van der Waals surface area contributed by atoms with E-state index in [1.54, 1.807) is 14.2 Å². The maximum atomic E-state index is 13.3. The van der Waals surface area contributed by atoms with E-state index in [-0.39, 0.29) is 34.7 Å². The lowest BCUT2D eigenvalue weighted by molar-refractivity contribution is -0.384. The largest absolute Gasteiger partial charge is 0.493 e. The molecule has 0 spiro atoms. The Labute approximate surface area is 306 Å². The van der Waals surface area contributed by atoms with Gasteiger partial charge < -0.3 is 18.9 Å². The molecule has 270 valence electrons. The van der Waals surface area contributed by atoms with Crippen molar-refractivity contribution in [3.05, 3.63) is 165 Å². The summed E-state index contributed by atoms with van der Waals surface area (Å²) in [6, 6.07) is 35.1. The molecule has 0 N–H and O–H groups in total. The van der Waals surface area contributed by atoms with Gasteiger partial charge in [-0.15, -0.1) is 0 Å². The lowest BCUT2D eigenvalue weighted by Gasteiger charge is -2.37. The molecule has 1 heterocycles. The summed E-state index contributed by atoms with van der Waals surface area (Å²) in [4.78, 5) is 50.7. The highest BCUT2D eigenvalue weighted by Gasteiger charge is 2.41. The normalized spacial score (nSPS) is 12.4. The summed E-state index contributed by atoms with van der Waals surface area (Å²) in [7, 11) is 3.23. The van der Waals surface area contributed by atoms with E-state index in [9.17, 15) is 24.5 Å². The highest BCUT2D eigenvalue weighted by Crippen LogP contribution is 2.47. The van der Waals surface area contributed by atoms with E-state index in [0.717, 1.165) is 36.0 Å². The Morgan fingerprint density at radius 3 is 1.98 bits per heavy atom. The SMILES string of the molecule is COc1cccc(C(OCCCCCCN2C(=O)c3ccc(C(=O)Oc4ccc([N+](=O)[O-])cc4)cc3C2=O)(c2ccccc2)c2ccccc2)c1OC. The van der Waals surface area contributed by atoms with Gasteiger partial charge in [0.15, 0.2) is 11.5 Å². The van der Waals surface area contributed by atoms with Gasteiger partial charge in [-0.3, -0.25) is 24.6 Å². The van der Waals surface area contributed by atoms with E-state index in [1.165, 1.54) is 47.4 Å². The molecule has 0 aromatic heterocycles. The molecule has 6 rings (SSSR count). The van der Waals surface area contributed by atoms with E-state index in [4.69, 9.17) is 18.9 Å². The number of nitro benzene ring substituents is 1. The maximum absolute atomic E-state index is 13.3. The van der Waals surface area contributed by atoms with Crippen molar-refractivity contribution in [2.75, 3.05) is 27.4 Å². The van der Waals surface area contributed by atoms with Gasteiger partial charge in [-0.2, -0.15) is 0 Å². The first kappa shape index (κ1) is 36.5. The molecule has 1 aliphatic rings. The quantitative estimate of drug-likeness (QED) is 0.0190. The molecule has 0 saturated heterocycles. The van der Waals surface area contributed by atoms with E-state index in [0.29, 0.717) is 24.5 Å². The first-order valence-corrected chi connectivity index (χ1v) is 17.2. The van der Waals surface area contributed by atoms with Crippen LogP contribution in [0.15, 0.2) is 121 Å². The summed E-state index contributed by atoms with van der Waals surface area (Å²) in [5, 5.41) is 10.9. The van der Waals surface area contributed by atoms with E-state index >= 15 is 0 Å². The molecule has 0 atom stereocenters. The molecule has 0 aliphatic carbocycles. The van der Waals surface area contributed by atoms with Crippen LogP contribution in [-0.4, -0.2) is 55.0 Å². The number of ether oxygens (including phenoxy) is 4. The van der Waals surface area contributed by atoms with Crippen molar-refractivity contribution in [3.8, 4) is 17.2 Å². The average Bonchev–Trinajstić information content (AvgIpc) is 3.43. The summed E-state index contributed by atoms with van der Waals surface area (Å²) in [5.74, 6) is -0.349. The molecular formula is C42H38N2O9. The van der Waals surface area contributed by atoms with Crippen molar-refractivity contribution in [1.82, 2.24) is 4.90 Å². The minimum atomic E-state index is -1.00. The highest BCUT2D eigenvalue weighted by molar-refractivity contribution is 6.22. The van der Waals surface area contributed by atoms with Crippen molar-refractivity contribution >= 4 is 23.5 Å². The third-order valence-electron chi connectivity index (χ3n) is 9.20. The van der Waals surface area contributed by atoms with Crippen LogP contribution in [-0.2, 0) is 10.3 Å². The van der Waals surface area contributed by atoms with Gasteiger partial charge in [-0.1, -0.05) is 85.6 Å². The van der Waals surface area contributed by atoms with Crippen LogP contribution < -0.4 is 14.2 Å². The number of carbonyl (C=O) groups is 3. The second kappa shape index (κ2) is 16.3. The van der Waals surface area contributed by atoms with Crippen LogP contribution in [0.25, 0.3) is 0 Å². The predicted molar refractivity (Wildman–Crippen MR) is 197 cm³/mol. The number of benzene rings is 5. The zero-order chi connectivity index (χ0) is 37.4. The summed E-state index contributed by atoms with van der Waals surface area (Å²) in [5.41, 5.74) is 1.98. The fraction of sp³-hybridized carbons (Fsp3) is 0.214. The van der Waals surface area contributed by atoms with Gasteiger partial charge in [0.25, 0.3) is 17.5 Å². The first-order chi connectivity index (χ1) is 25.8. The number of methoxy groups -OCH3 is 2. The van der Waals surface area contributed by atoms with Crippen molar-refractivity contribution in [1.29, 1.82) is 0 Å². The van der Waals surface area contributed by atoms with E-state index in [2.05, 4.69) is 0 Å². The number of para-hydroxylation sites is 1. The maximum Gasteiger partial charge on any atom is 0.343 e. The zero-order valence-corrected chi connectivity index (χ0v) is 29.4. The number of fused-ring (bicyclic) bond motifs is 1. The number of hydrogen-bond donors (Lipinski definition) is 0. The Morgan fingerprint density at radius 2 is 1.36 bits per heavy atom. The monoisotopic (exact) mass is 714 g/mol. The molecule has 11 heteroatoms. The van der Waals surface area contributed by atoms with Crippen molar-refractivity contribution in [3.63, 3.8) is 0 Å². The molecule has 2 amide bonds. The predicted octanol–water partition coefficient (Wildman–Crippen LogP) is 8.00. The Morgan fingerprint density at radius 1 is 0.717 bits per heavy atom. The number of esters is 1. The second-order valence-corrected chi connectivity index (χ2v) is 12.4. The van der Waals surface area contributed by atoms with Crippen molar-refractivity contribution in [2.24, 2.45) is 0 Å². The fourth-order valence-electron chi connectivity index (χ4n) is 6.61. The minimum absolute atomic E-state index is 0.0822. The van der Waals surface area contributed by atoms with Crippen LogP contribution in [0, 0.1) is 10.1 Å². The van der Waals surface area contributed by atoms with Crippen LogP contribution in [0.1, 0.15) is 73.4 Å². The summed E-state index contributed by atoms with van der Waals surface area (Å²) in [6.45, 7) is 0.644. The topological polar surface area (TPSA) is 135 Å². The number of carbonyl (C=O) groups excluding carboxylic acids is 3. The number of non-ortho nitro benzene ring substituents is 1. The van der Waals surface area contributed by atoms with Crippen molar-refractivity contribution < 1.29 is 38.3 Å². The summed E-state index contributed by atoms with van der Waals surface area (Å²) < 4.78 is 23.9. The minimum Gasteiger partial charge on any atom is -0.493 e. The van der Waals surface area contributed by atoms with Gasteiger partial charge in [-0.05, 0) is 60.4 Å². The molecule has 0 bridgehead atoms. The Hall–Kier alpha value is -6.33. The number of hydrogen-bond acceptors (Lipinski definition) is 9. The second-order valence-electron chi connectivity index (χ2n) is 12.4. The number of nitro groups is 1. The standard InChI is InChI=1S/C42H38N2O9/c1-50-37-19-13-18-36(38(37)51-2)42(30-14-7-5-8-15-30,31-16-9-6-10-17-31)52-27-12-4-3-11-26-43-39(45)34-25-20-29(28-35(34)40(43)46)41(47)53-33-23-21-32(22-24-33)44(48)49/h5-10,13-25,28H,3-4,11-12,26-27H2,1-2H3. The number of amides is 2. The van der Waals surface area contributed by atoms with Gasteiger partial charge in [-0.25, -0.2) is 4.79 Å². The van der Waals surface area contributed by atoms with Crippen LogP contribution in [0.4, 0.5) is 5.69 Å². The molecule has 11 nitrogen and oxygen atoms in total. The summed E-state index contributed by atoms with van der Waals surface area (Å²) >= 11 is 0. The van der Waals surface area contributed by atoms with Gasteiger partial charge in [0.05, 0.1) is 35.8 Å². The van der Waals surface area contributed by atoms with Gasteiger partial charge in [0.1, 0.15) is 11.4 Å².